The van der Waals surface area contributed by atoms with Gasteiger partial charge in [-0.05, 0) is 49.1 Å². The van der Waals surface area contributed by atoms with Gasteiger partial charge in [-0.15, -0.1) is 0 Å². The molecule has 6 nitrogen and oxygen atoms in total. The molecule has 2 aliphatic heterocycles. The first-order chi connectivity index (χ1) is 13.5. The third-order valence-corrected chi connectivity index (χ3v) is 6.21. The van der Waals surface area contributed by atoms with Crippen LogP contribution in [0.2, 0.25) is 0 Å². The van der Waals surface area contributed by atoms with Gasteiger partial charge >= 0.3 is 0 Å². The molecule has 1 N–H and O–H groups in total. The Kier molecular flexibility index (Phi) is 5.20. The number of hydrogen-bond acceptors (Lipinski definition) is 3. The van der Waals surface area contributed by atoms with Crippen molar-refractivity contribution in [2.75, 3.05) is 26.2 Å². The molecule has 0 unspecified atom stereocenters. The van der Waals surface area contributed by atoms with Crippen LogP contribution in [0, 0.1) is 11.8 Å². The van der Waals surface area contributed by atoms with Gasteiger partial charge in [0.1, 0.15) is 5.56 Å². The molecule has 28 heavy (non-hydrogen) atoms. The molecular formula is C22H27N3O3. The molecule has 2 fully saturated rings. The summed E-state index contributed by atoms with van der Waals surface area (Å²) in [4.78, 5) is 44.5. The molecule has 6 heteroatoms. The van der Waals surface area contributed by atoms with Crippen molar-refractivity contribution < 1.29 is 9.59 Å². The van der Waals surface area contributed by atoms with Crippen molar-refractivity contribution in [1.82, 2.24) is 14.8 Å². The number of para-hydroxylation sites is 1. The number of nitrogens with zero attached hydrogens (tertiary/aromatic N) is 2. The Bertz CT molecular complexity index is 935. The Morgan fingerprint density at radius 3 is 2.32 bits per heavy atom. The van der Waals surface area contributed by atoms with Crippen molar-refractivity contribution >= 4 is 22.7 Å². The lowest BCUT2D eigenvalue weighted by Crippen LogP contribution is -2.47. The maximum atomic E-state index is 12.9. The summed E-state index contributed by atoms with van der Waals surface area (Å²) in [5.74, 6) is 0.683. The van der Waals surface area contributed by atoms with E-state index in [0.29, 0.717) is 31.8 Å². The van der Waals surface area contributed by atoms with E-state index in [1.54, 1.807) is 11.0 Å². The molecule has 0 bridgehead atoms. The molecule has 3 heterocycles. The summed E-state index contributed by atoms with van der Waals surface area (Å²) in [6.07, 6.45) is 3.49. The molecule has 148 valence electrons. The average Bonchev–Trinajstić information content (AvgIpc) is 2.73. The smallest absolute Gasteiger partial charge is 0.261 e. The number of carbonyl (C=O) groups excluding carboxylic acids is 2. The van der Waals surface area contributed by atoms with Crippen LogP contribution in [-0.4, -0.2) is 52.8 Å². The van der Waals surface area contributed by atoms with Gasteiger partial charge in [0.15, 0.2) is 0 Å². The third kappa shape index (κ3) is 3.68. The summed E-state index contributed by atoms with van der Waals surface area (Å²) in [5.41, 5.74) is 0.544. The van der Waals surface area contributed by atoms with Gasteiger partial charge in [-0.2, -0.15) is 0 Å². The number of nitrogens with one attached hydrogen (secondary N) is 1. The zero-order valence-electron chi connectivity index (χ0n) is 16.3. The van der Waals surface area contributed by atoms with E-state index in [4.69, 9.17) is 0 Å². The normalized spacial score (nSPS) is 19.2. The Morgan fingerprint density at radius 2 is 1.61 bits per heavy atom. The Labute approximate surface area is 164 Å². The summed E-state index contributed by atoms with van der Waals surface area (Å²) < 4.78 is 0. The standard InChI is InChI=1S/C22H27N3O3/c1-15-6-10-24(11-7-15)21(27)16-8-12-25(13-9-16)22(28)18-14-17-4-2-3-5-19(17)23-20(18)26/h2-5,14-16H,6-13H2,1H3,(H,23,26). The highest BCUT2D eigenvalue weighted by molar-refractivity contribution is 5.97. The molecule has 0 aliphatic carbocycles. The fourth-order valence-electron chi connectivity index (χ4n) is 4.29. The molecule has 4 rings (SSSR count). The van der Waals surface area contributed by atoms with Crippen molar-refractivity contribution in [3.8, 4) is 0 Å². The minimum absolute atomic E-state index is 0.00709. The molecule has 0 spiro atoms. The zero-order chi connectivity index (χ0) is 19.7. The summed E-state index contributed by atoms with van der Waals surface area (Å²) in [6.45, 7) is 4.98. The average molecular weight is 381 g/mol. The fraction of sp³-hybridized carbons (Fsp3) is 0.500. The van der Waals surface area contributed by atoms with Gasteiger partial charge in [0.05, 0.1) is 0 Å². The van der Waals surface area contributed by atoms with E-state index in [9.17, 15) is 14.4 Å². The maximum Gasteiger partial charge on any atom is 0.261 e. The number of amides is 2. The summed E-state index contributed by atoms with van der Waals surface area (Å²) >= 11 is 0. The highest BCUT2D eigenvalue weighted by atomic mass is 16.2. The number of carbonyl (C=O) groups is 2. The van der Waals surface area contributed by atoms with Crippen molar-refractivity contribution in [2.24, 2.45) is 11.8 Å². The predicted molar refractivity (Wildman–Crippen MR) is 108 cm³/mol. The van der Waals surface area contributed by atoms with Gasteiger partial charge in [0, 0.05) is 37.6 Å². The van der Waals surface area contributed by atoms with Crippen LogP contribution in [0.4, 0.5) is 0 Å². The fourth-order valence-corrected chi connectivity index (χ4v) is 4.29. The van der Waals surface area contributed by atoms with Gasteiger partial charge in [0.25, 0.3) is 11.5 Å². The van der Waals surface area contributed by atoms with Crippen molar-refractivity contribution in [3.63, 3.8) is 0 Å². The van der Waals surface area contributed by atoms with Crippen molar-refractivity contribution in [3.05, 3.63) is 46.2 Å². The quantitative estimate of drug-likeness (QED) is 0.869. The number of hydrogen-bond donors (Lipinski definition) is 1. The number of likely N-dealkylation sites (tertiary alicyclic amines) is 2. The van der Waals surface area contributed by atoms with Crippen molar-refractivity contribution in [1.29, 1.82) is 0 Å². The summed E-state index contributed by atoms with van der Waals surface area (Å²) in [7, 11) is 0. The highest BCUT2D eigenvalue weighted by Gasteiger charge is 2.32. The van der Waals surface area contributed by atoms with Crippen LogP contribution in [0.15, 0.2) is 35.1 Å². The van der Waals surface area contributed by atoms with Crippen LogP contribution in [0.1, 0.15) is 43.0 Å². The largest absolute Gasteiger partial charge is 0.342 e. The van der Waals surface area contributed by atoms with Crippen LogP contribution >= 0.6 is 0 Å². The Hall–Kier alpha value is -2.63. The number of pyridine rings is 1. The number of benzene rings is 1. The molecule has 0 saturated carbocycles. The van der Waals surface area contributed by atoms with Gasteiger partial charge in [-0.1, -0.05) is 25.1 Å². The van der Waals surface area contributed by atoms with E-state index in [2.05, 4.69) is 11.9 Å². The molecule has 1 aromatic heterocycles. The minimum atomic E-state index is -0.357. The van der Waals surface area contributed by atoms with E-state index < -0.39 is 0 Å². The van der Waals surface area contributed by atoms with E-state index in [1.807, 2.05) is 29.2 Å². The molecule has 2 aliphatic rings. The van der Waals surface area contributed by atoms with Gasteiger partial charge in [-0.25, -0.2) is 0 Å². The van der Waals surface area contributed by atoms with Crippen LogP contribution < -0.4 is 5.56 Å². The number of aromatic nitrogens is 1. The molecule has 1 aromatic carbocycles. The lowest BCUT2D eigenvalue weighted by molar-refractivity contribution is -0.138. The molecule has 2 saturated heterocycles. The monoisotopic (exact) mass is 381 g/mol. The summed E-state index contributed by atoms with van der Waals surface area (Å²) in [6, 6.07) is 9.11. The molecule has 0 atom stereocenters. The van der Waals surface area contributed by atoms with Crippen LogP contribution in [-0.2, 0) is 4.79 Å². The van der Waals surface area contributed by atoms with E-state index in [1.165, 1.54) is 0 Å². The molecule has 0 radical (unpaired) electrons. The number of piperidine rings is 2. The topological polar surface area (TPSA) is 73.5 Å². The van der Waals surface area contributed by atoms with Crippen LogP contribution in [0.25, 0.3) is 10.9 Å². The zero-order valence-corrected chi connectivity index (χ0v) is 16.3. The number of aromatic amines is 1. The molecule has 2 aromatic rings. The Balaban J connectivity index is 1.41. The summed E-state index contributed by atoms with van der Waals surface area (Å²) in [5, 5.41) is 0.842. The minimum Gasteiger partial charge on any atom is -0.342 e. The predicted octanol–water partition coefficient (Wildman–Crippen LogP) is 2.64. The first-order valence-corrected chi connectivity index (χ1v) is 10.2. The van der Waals surface area contributed by atoms with E-state index in [0.717, 1.165) is 36.8 Å². The first-order valence-electron chi connectivity index (χ1n) is 10.2. The van der Waals surface area contributed by atoms with Gasteiger partial charge < -0.3 is 14.8 Å². The van der Waals surface area contributed by atoms with Gasteiger partial charge in [0.2, 0.25) is 5.91 Å². The second-order valence-corrected chi connectivity index (χ2v) is 8.17. The molecule has 2 amide bonds. The van der Waals surface area contributed by atoms with E-state index in [-0.39, 0.29) is 28.9 Å². The van der Waals surface area contributed by atoms with Gasteiger partial charge in [-0.3, -0.25) is 14.4 Å². The number of rotatable bonds is 2. The van der Waals surface area contributed by atoms with Crippen molar-refractivity contribution in [2.45, 2.75) is 32.6 Å². The SMILES string of the molecule is CC1CCN(C(=O)C2CCN(C(=O)c3cc4ccccc4[nH]c3=O)CC2)CC1. The second-order valence-electron chi connectivity index (χ2n) is 8.17. The lowest BCUT2D eigenvalue weighted by atomic mass is 9.92. The van der Waals surface area contributed by atoms with E-state index >= 15 is 0 Å². The maximum absolute atomic E-state index is 12.9. The third-order valence-electron chi connectivity index (χ3n) is 6.21. The Morgan fingerprint density at radius 1 is 0.964 bits per heavy atom. The lowest BCUT2D eigenvalue weighted by Gasteiger charge is -2.36. The van der Waals surface area contributed by atoms with Crippen LogP contribution in [0.5, 0.6) is 0 Å². The van der Waals surface area contributed by atoms with Crippen LogP contribution in [0.3, 0.4) is 0 Å². The number of fused-ring (bicyclic) bond motifs is 1. The molecular weight excluding hydrogens is 354 g/mol. The number of H-pyrrole nitrogens is 1. The highest BCUT2D eigenvalue weighted by Crippen LogP contribution is 2.24. The second kappa shape index (κ2) is 7.78. The first kappa shape index (κ1) is 18.7.